The highest BCUT2D eigenvalue weighted by Gasteiger charge is 2.51. The third-order valence-corrected chi connectivity index (χ3v) is 9.45. The number of nitrogens with one attached hydrogen (secondary N) is 1. The first kappa shape index (κ1) is 29.6. The number of ether oxygens (including phenoxy) is 2. The second-order valence-corrected chi connectivity index (χ2v) is 12.7. The summed E-state index contributed by atoms with van der Waals surface area (Å²) in [6.07, 6.45) is -3.85. The summed E-state index contributed by atoms with van der Waals surface area (Å²) in [4.78, 5) is 50.9. The molecule has 2 aliphatic heterocycles. The maximum absolute atomic E-state index is 13.7. The molecule has 230 valence electrons. The zero-order chi connectivity index (χ0) is 30.6. The normalized spacial score (nSPS) is 29.4. The van der Waals surface area contributed by atoms with Crippen LogP contribution in [0.4, 0.5) is 11.8 Å². The van der Waals surface area contributed by atoms with Gasteiger partial charge in [0.1, 0.15) is 48.4 Å². The van der Waals surface area contributed by atoms with Crippen LogP contribution in [0.3, 0.4) is 0 Å². The first-order valence-electron chi connectivity index (χ1n) is 12.7. The maximum atomic E-state index is 13.7. The lowest BCUT2D eigenvalue weighted by molar-refractivity contribution is -0.0492. The molecule has 2 fully saturated rings. The molecule has 6 heterocycles. The summed E-state index contributed by atoms with van der Waals surface area (Å²) in [7, 11) is -7.66. The van der Waals surface area contributed by atoms with Crippen LogP contribution < -0.4 is 17.0 Å². The van der Waals surface area contributed by atoms with E-state index in [1.54, 1.807) is 12.3 Å². The van der Waals surface area contributed by atoms with Crippen molar-refractivity contribution in [2.75, 3.05) is 24.7 Å². The lowest BCUT2D eigenvalue weighted by Crippen LogP contribution is -2.34. The summed E-state index contributed by atoms with van der Waals surface area (Å²) in [5.74, 6) is -0.0339. The number of imidazole rings is 1. The fourth-order valence-corrected chi connectivity index (χ4v) is 7.11. The quantitative estimate of drug-likeness (QED) is 0.106. The van der Waals surface area contributed by atoms with Gasteiger partial charge in [-0.3, -0.25) is 18.9 Å². The molecule has 0 bridgehead atoms. The number of fused-ring (bicyclic) bond motifs is 2. The van der Waals surface area contributed by atoms with E-state index >= 15 is 0 Å². The third kappa shape index (κ3) is 5.42. The van der Waals surface area contributed by atoms with Gasteiger partial charge in [-0.25, -0.2) is 15.0 Å². The molecule has 2 aliphatic rings. The number of hydrogen-bond donors (Lipinski definition) is 7. The summed E-state index contributed by atoms with van der Waals surface area (Å²) in [6.45, 7) is -1.03. The van der Waals surface area contributed by atoms with Crippen LogP contribution in [0.1, 0.15) is 18.9 Å². The summed E-state index contributed by atoms with van der Waals surface area (Å²) in [5, 5.41) is 21.9. The van der Waals surface area contributed by atoms with E-state index in [2.05, 4.69) is 24.9 Å². The minimum atomic E-state index is -4.67. The molecule has 0 amide bonds. The molecule has 6 rings (SSSR count). The van der Waals surface area contributed by atoms with Crippen molar-refractivity contribution in [3.05, 3.63) is 35.3 Å². The Morgan fingerprint density at radius 2 is 1.91 bits per heavy atom. The van der Waals surface area contributed by atoms with Crippen LogP contribution in [-0.4, -0.2) is 97.3 Å². The van der Waals surface area contributed by atoms with Crippen molar-refractivity contribution in [3.8, 4) is 0 Å². The van der Waals surface area contributed by atoms with E-state index < -0.39 is 77.2 Å². The molecule has 9 atom stereocenters. The molecule has 2 saturated heterocycles. The minimum Gasteiger partial charge on any atom is -0.387 e. The number of hydrogen-bond acceptors (Lipinski definition) is 15. The summed E-state index contributed by atoms with van der Waals surface area (Å²) < 4.78 is 49.3. The van der Waals surface area contributed by atoms with Gasteiger partial charge in [0.05, 0.1) is 24.4 Å². The average molecular weight is 642 g/mol. The monoisotopic (exact) mass is 642 g/mol. The Kier molecular flexibility index (Phi) is 7.76. The molecule has 0 aromatic carbocycles. The Bertz CT molecular complexity index is 1800. The predicted molar refractivity (Wildman–Crippen MR) is 144 cm³/mol. The molecule has 0 radical (unpaired) electrons. The van der Waals surface area contributed by atoms with Crippen LogP contribution in [-0.2, 0) is 27.7 Å². The third-order valence-electron chi connectivity index (χ3n) is 7.26. The van der Waals surface area contributed by atoms with Gasteiger partial charge in [0.25, 0.3) is 5.56 Å². The number of nitrogens with zero attached hydrogens (tertiary/aromatic N) is 6. The number of aromatic amines is 1. The van der Waals surface area contributed by atoms with Crippen molar-refractivity contribution in [2.45, 2.75) is 49.0 Å². The van der Waals surface area contributed by atoms with Crippen molar-refractivity contribution in [1.82, 2.24) is 34.1 Å². The van der Waals surface area contributed by atoms with E-state index in [4.69, 9.17) is 34.9 Å². The first-order valence-corrected chi connectivity index (χ1v) is 15.4. The van der Waals surface area contributed by atoms with E-state index in [9.17, 15) is 29.0 Å². The van der Waals surface area contributed by atoms with Crippen LogP contribution in [0, 0.1) is 0 Å². The van der Waals surface area contributed by atoms with Gasteiger partial charge in [-0.05, 0) is 12.5 Å². The van der Waals surface area contributed by atoms with Crippen LogP contribution >= 0.6 is 15.9 Å². The molecular formula is C21H26N9O11P2+. The maximum Gasteiger partial charge on any atom is 0.694 e. The molecule has 4 aromatic rings. The van der Waals surface area contributed by atoms with Gasteiger partial charge in [-0.1, -0.05) is 0 Å². The Labute approximate surface area is 240 Å². The molecule has 9 N–H and O–H groups in total. The second kappa shape index (κ2) is 11.3. The largest absolute Gasteiger partial charge is 0.694 e. The Balaban J connectivity index is 1.23. The Hall–Kier alpha value is -3.42. The molecule has 20 nitrogen and oxygen atoms in total. The average Bonchev–Trinajstić information content (AvgIpc) is 3.72. The van der Waals surface area contributed by atoms with Gasteiger partial charge in [-0.2, -0.15) is 4.98 Å². The number of aromatic nitrogens is 7. The van der Waals surface area contributed by atoms with Gasteiger partial charge in [0, 0.05) is 10.8 Å². The van der Waals surface area contributed by atoms with Gasteiger partial charge in [-0.15, -0.1) is 9.42 Å². The Morgan fingerprint density at radius 1 is 1.12 bits per heavy atom. The minimum absolute atomic E-state index is 0.0463. The second-order valence-electron chi connectivity index (χ2n) is 9.89. The molecule has 2 unspecified atom stereocenters. The van der Waals surface area contributed by atoms with Crippen molar-refractivity contribution < 1.29 is 47.7 Å². The Morgan fingerprint density at radius 3 is 2.67 bits per heavy atom. The number of aliphatic hydroxyl groups is 2. The van der Waals surface area contributed by atoms with E-state index in [0.717, 1.165) is 0 Å². The predicted octanol–water partition coefficient (Wildman–Crippen LogP) is -1.13. The van der Waals surface area contributed by atoms with Crippen molar-refractivity contribution in [1.29, 1.82) is 0 Å². The lowest BCUT2D eigenvalue weighted by atomic mass is 10.1. The number of rotatable bonds is 9. The number of nitrogen functional groups attached to an aromatic ring is 2. The number of H-pyrrole nitrogens is 1. The van der Waals surface area contributed by atoms with E-state index in [1.165, 1.54) is 21.8 Å². The highest BCUT2D eigenvalue weighted by atomic mass is 31.2. The van der Waals surface area contributed by atoms with Crippen molar-refractivity contribution >= 4 is 49.8 Å². The zero-order valence-electron chi connectivity index (χ0n) is 21.9. The van der Waals surface area contributed by atoms with Crippen LogP contribution in [0.5, 0.6) is 0 Å². The molecule has 0 saturated carbocycles. The fourth-order valence-electron chi connectivity index (χ4n) is 5.23. The van der Waals surface area contributed by atoms with Gasteiger partial charge >= 0.3 is 15.9 Å². The zero-order valence-corrected chi connectivity index (χ0v) is 23.6. The molecule has 22 heteroatoms. The molecule has 0 spiro atoms. The molecule has 43 heavy (non-hydrogen) atoms. The van der Waals surface area contributed by atoms with Crippen molar-refractivity contribution in [3.63, 3.8) is 0 Å². The summed E-state index contributed by atoms with van der Waals surface area (Å²) in [6, 6.07) is 1.61. The SMILES string of the molecule is Nc1nc2c(ncn2[C@@H]2O[C@H](CO[P+](=O)O)C[C@H]2P(=O)(O)OC[C@H]2O[C@@H](n3ccc4c(N)ncnc43)[C@H](O)[C@@H]2O)c(=O)[nH]1. The summed E-state index contributed by atoms with van der Waals surface area (Å²) in [5.41, 5.74) is 9.74. The van der Waals surface area contributed by atoms with Crippen molar-refractivity contribution in [2.24, 2.45) is 0 Å². The molecular weight excluding hydrogens is 616 g/mol. The lowest BCUT2D eigenvalue weighted by Gasteiger charge is -2.25. The van der Waals surface area contributed by atoms with Gasteiger partial charge < -0.3 is 45.1 Å². The van der Waals surface area contributed by atoms with Crippen LogP contribution in [0.15, 0.2) is 29.7 Å². The standard InChI is InChI=1S/C21H25N9O11P2/c22-15-9-1-2-29(16(9)25-6-24-15)20-14(32)13(31)10(41-20)5-39-43(36,37)11-3-8(4-38-42(34)35)40-19(11)30-7-26-12-17(30)27-21(23)28-18(12)33/h1-2,6-8,10-11,13-14,19-20,31-32H,3-5H2,(H6-,22,23,24,25,27,28,33,34,35,36,37)/p+1/t8-,10+,11+,13+,14+,19+,20+/m0/s1. The fraction of sp³-hybridized carbons (Fsp3) is 0.476. The first-order chi connectivity index (χ1) is 20.4. The number of anilines is 2. The van der Waals surface area contributed by atoms with E-state index in [0.29, 0.717) is 11.0 Å². The van der Waals surface area contributed by atoms with E-state index in [-0.39, 0.29) is 29.4 Å². The van der Waals surface area contributed by atoms with Crippen LogP contribution in [0.25, 0.3) is 22.2 Å². The smallest absolute Gasteiger partial charge is 0.387 e. The molecule has 0 aliphatic carbocycles. The van der Waals surface area contributed by atoms with Crippen LogP contribution in [0.2, 0.25) is 0 Å². The number of nitrogens with two attached hydrogens (primary N) is 2. The van der Waals surface area contributed by atoms with E-state index in [1.807, 2.05) is 0 Å². The summed E-state index contributed by atoms with van der Waals surface area (Å²) >= 11 is 0. The molecule has 4 aromatic heterocycles. The highest BCUT2D eigenvalue weighted by molar-refractivity contribution is 7.53. The van der Waals surface area contributed by atoms with Gasteiger partial charge in [0.2, 0.25) is 5.95 Å². The topological polar surface area (TPSA) is 298 Å². The highest BCUT2D eigenvalue weighted by Crippen LogP contribution is 2.57. The van der Waals surface area contributed by atoms with Gasteiger partial charge in [0.15, 0.2) is 23.6 Å². The number of aliphatic hydroxyl groups excluding tert-OH is 2.